The van der Waals surface area contributed by atoms with E-state index in [-0.39, 0.29) is 18.3 Å². The Morgan fingerprint density at radius 1 is 1.59 bits per heavy atom. The Hall–Kier alpha value is -1.07. The fourth-order valence-corrected chi connectivity index (χ4v) is 2.02. The molecule has 0 atom stereocenters. The Morgan fingerprint density at radius 2 is 2.29 bits per heavy atom. The van der Waals surface area contributed by atoms with Gasteiger partial charge in [0.15, 0.2) is 5.82 Å². The smallest absolute Gasteiger partial charge is 0.225 e. The van der Waals surface area contributed by atoms with Gasteiger partial charge in [0.05, 0.1) is 0 Å². The molecule has 5 nitrogen and oxygen atoms in total. The van der Waals surface area contributed by atoms with Crippen molar-refractivity contribution < 1.29 is 4.79 Å². The Balaban J connectivity index is 0.00000144. The number of anilines is 1. The van der Waals surface area contributed by atoms with Crippen molar-refractivity contribution in [2.75, 3.05) is 18.4 Å². The first kappa shape index (κ1) is 14.0. The zero-order valence-corrected chi connectivity index (χ0v) is 10.8. The second-order valence-electron chi connectivity index (χ2n) is 4.32. The third kappa shape index (κ3) is 4.36. The predicted octanol–water partition coefficient (Wildman–Crippen LogP) is 1.17. The SMILES string of the molecule is Cl.Cn1ccc(NC(=O)CC2CCNCC2)n1. The normalized spacial score (nSPS) is 16.3. The number of piperidine rings is 1. The first-order chi connectivity index (χ1) is 7.74. The number of nitrogens with zero attached hydrogens (tertiary/aromatic N) is 2. The summed E-state index contributed by atoms with van der Waals surface area (Å²) >= 11 is 0. The Kier molecular flexibility index (Phi) is 5.44. The van der Waals surface area contributed by atoms with Crippen molar-refractivity contribution in [2.24, 2.45) is 13.0 Å². The number of halogens is 1. The molecule has 1 saturated heterocycles. The quantitative estimate of drug-likeness (QED) is 0.856. The third-order valence-electron chi connectivity index (χ3n) is 2.91. The standard InChI is InChI=1S/C11H18N4O.ClH/c1-15-7-4-10(14-15)13-11(16)8-9-2-5-12-6-3-9;/h4,7,9,12H,2-3,5-6,8H2,1H3,(H,13,14,16);1H. The summed E-state index contributed by atoms with van der Waals surface area (Å²) in [6.07, 6.45) is 4.61. The van der Waals surface area contributed by atoms with Gasteiger partial charge in [0, 0.05) is 25.7 Å². The number of carbonyl (C=O) groups excluding carboxylic acids is 1. The fraction of sp³-hybridized carbons (Fsp3) is 0.636. The number of aromatic nitrogens is 2. The van der Waals surface area contributed by atoms with Gasteiger partial charge in [0.2, 0.25) is 5.91 Å². The lowest BCUT2D eigenvalue weighted by atomic mass is 9.94. The average molecular weight is 259 g/mol. The monoisotopic (exact) mass is 258 g/mol. The second-order valence-corrected chi connectivity index (χ2v) is 4.32. The van der Waals surface area contributed by atoms with Gasteiger partial charge >= 0.3 is 0 Å². The van der Waals surface area contributed by atoms with Gasteiger partial charge in [-0.25, -0.2) is 0 Å². The summed E-state index contributed by atoms with van der Waals surface area (Å²) in [6.45, 7) is 2.06. The number of carbonyl (C=O) groups is 1. The van der Waals surface area contributed by atoms with E-state index in [9.17, 15) is 4.79 Å². The third-order valence-corrected chi connectivity index (χ3v) is 2.91. The molecule has 96 valence electrons. The molecule has 1 aromatic heterocycles. The molecule has 1 amide bonds. The number of hydrogen-bond acceptors (Lipinski definition) is 3. The zero-order chi connectivity index (χ0) is 11.4. The van der Waals surface area contributed by atoms with Crippen molar-refractivity contribution in [3.05, 3.63) is 12.3 Å². The molecule has 1 fully saturated rings. The molecule has 1 aliphatic heterocycles. The van der Waals surface area contributed by atoms with Crippen LogP contribution in [0.5, 0.6) is 0 Å². The first-order valence-corrected chi connectivity index (χ1v) is 5.74. The first-order valence-electron chi connectivity index (χ1n) is 5.74. The molecule has 2 rings (SSSR count). The van der Waals surface area contributed by atoms with E-state index >= 15 is 0 Å². The summed E-state index contributed by atoms with van der Waals surface area (Å²) in [7, 11) is 1.84. The Labute approximate surface area is 107 Å². The van der Waals surface area contributed by atoms with Gasteiger partial charge < -0.3 is 10.6 Å². The van der Waals surface area contributed by atoms with Crippen molar-refractivity contribution in [1.82, 2.24) is 15.1 Å². The molecule has 0 saturated carbocycles. The highest BCUT2D eigenvalue weighted by Gasteiger charge is 2.17. The van der Waals surface area contributed by atoms with Crippen molar-refractivity contribution in [1.29, 1.82) is 0 Å². The van der Waals surface area contributed by atoms with E-state index in [1.54, 1.807) is 10.7 Å². The van der Waals surface area contributed by atoms with Gasteiger partial charge in [-0.3, -0.25) is 9.48 Å². The largest absolute Gasteiger partial charge is 0.317 e. The van der Waals surface area contributed by atoms with Crippen LogP contribution in [0.1, 0.15) is 19.3 Å². The number of aryl methyl sites for hydroxylation is 1. The molecule has 17 heavy (non-hydrogen) atoms. The van der Waals surface area contributed by atoms with Gasteiger partial charge in [0.1, 0.15) is 0 Å². The van der Waals surface area contributed by atoms with E-state index in [4.69, 9.17) is 0 Å². The van der Waals surface area contributed by atoms with Gasteiger partial charge in [-0.2, -0.15) is 5.10 Å². The van der Waals surface area contributed by atoms with Gasteiger partial charge in [0.25, 0.3) is 0 Å². The predicted molar refractivity (Wildman–Crippen MR) is 69.3 cm³/mol. The van der Waals surface area contributed by atoms with Crippen LogP contribution in [0, 0.1) is 5.92 Å². The van der Waals surface area contributed by atoms with E-state index in [1.165, 1.54) is 0 Å². The summed E-state index contributed by atoms with van der Waals surface area (Å²) in [4.78, 5) is 11.7. The van der Waals surface area contributed by atoms with Crippen LogP contribution in [0.3, 0.4) is 0 Å². The molecule has 0 aliphatic carbocycles. The molecular weight excluding hydrogens is 240 g/mol. The van der Waals surface area contributed by atoms with Crippen LogP contribution in [-0.4, -0.2) is 28.8 Å². The summed E-state index contributed by atoms with van der Waals surface area (Å²) < 4.78 is 1.68. The van der Waals surface area contributed by atoms with Crippen LogP contribution in [0.25, 0.3) is 0 Å². The maximum absolute atomic E-state index is 11.7. The molecule has 6 heteroatoms. The summed E-state index contributed by atoms with van der Waals surface area (Å²) in [6, 6.07) is 1.81. The van der Waals surface area contributed by atoms with Crippen LogP contribution >= 0.6 is 12.4 Å². The maximum Gasteiger partial charge on any atom is 0.225 e. The van der Waals surface area contributed by atoms with E-state index < -0.39 is 0 Å². The summed E-state index contributed by atoms with van der Waals surface area (Å²) in [5.74, 6) is 1.23. The molecule has 0 radical (unpaired) electrons. The lowest BCUT2D eigenvalue weighted by molar-refractivity contribution is -0.117. The van der Waals surface area contributed by atoms with Crippen molar-refractivity contribution >= 4 is 24.1 Å². The molecular formula is C11H19ClN4O. The van der Waals surface area contributed by atoms with Crippen LogP contribution in [0.15, 0.2) is 12.3 Å². The van der Waals surface area contributed by atoms with Crippen molar-refractivity contribution in [2.45, 2.75) is 19.3 Å². The number of amides is 1. The lowest BCUT2D eigenvalue weighted by Gasteiger charge is -2.21. The molecule has 2 heterocycles. The topological polar surface area (TPSA) is 59.0 Å². The fourth-order valence-electron chi connectivity index (χ4n) is 2.02. The Bertz CT molecular complexity index is 360. The molecule has 0 bridgehead atoms. The zero-order valence-electron chi connectivity index (χ0n) is 9.98. The van der Waals surface area contributed by atoms with Crippen LogP contribution in [0.4, 0.5) is 5.82 Å². The van der Waals surface area contributed by atoms with Crippen molar-refractivity contribution in [3.8, 4) is 0 Å². The van der Waals surface area contributed by atoms with Crippen LogP contribution in [-0.2, 0) is 11.8 Å². The van der Waals surface area contributed by atoms with Gasteiger partial charge in [-0.05, 0) is 31.8 Å². The molecule has 0 unspecified atom stereocenters. The molecule has 0 spiro atoms. The maximum atomic E-state index is 11.7. The average Bonchev–Trinajstić information content (AvgIpc) is 2.65. The minimum absolute atomic E-state index is 0. The van der Waals surface area contributed by atoms with E-state index in [0.29, 0.717) is 18.2 Å². The number of rotatable bonds is 3. The molecule has 1 aromatic rings. The lowest BCUT2D eigenvalue weighted by Crippen LogP contribution is -2.30. The van der Waals surface area contributed by atoms with E-state index in [0.717, 1.165) is 25.9 Å². The van der Waals surface area contributed by atoms with Gasteiger partial charge in [-0.1, -0.05) is 0 Å². The van der Waals surface area contributed by atoms with E-state index in [1.807, 2.05) is 13.2 Å². The Morgan fingerprint density at radius 3 is 2.88 bits per heavy atom. The second kappa shape index (κ2) is 6.61. The molecule has 2 N–H and O–H groups in total. The summed E-state index contributed by atoms with van der Waals surface area (Å²) in [5, 5.41) is 10.2. The van der Waals surface area contributed by atoms with Crippen LogP contribution < -0.4 is 10.6 Å². The summed E-state index contributed by atoms with van der Waals surface area (Å²) in [5.41, 5.74) is 0. The highest BCUT2D eigenvalue weighted by atomic mass is 35.5. The van der Waals surface area contributed by atoms with Gasteiger partial charge in [-0.15, -0.1) is 12.4 Å². The highest BCUT2D eigenvalue weighted by molar-refractivity contribution is 5.89. The van der Waals surface area contributed by atoms with Crippen molar-refractivity contribution in [3.63, 3.8) is 0 Å². The minimum atomic E-state index is 0. The molecule has 0 aromatic carbocycles. The number of nitrogens with one attached hydrogen (secondary N) is 2. The van der Waals surface area contributed by atoms with Crippen LogP contribution in [0.2, 0.25) is 0 Å². The highest BCUT2D eigenvalue weighted by Crippen LogP contribution is 2.16. The number of hydrogen-bond donors (Lipinski definition) is 2. The van der Waals surface area contributed by atoms with E-state index in [2.05, 4.69) is 15.7 Å². The minimum Gasteiger partial charge on any atom is -0.317 e. The molecule has 1 aliphatic rings.